The number of rotatable bonds is 6. The van der Waals surface area contributed by atoms with E-state index in [1.165, 1.54) is 41.6 Å². The first-order valence-corrected chi connectivity index (χ1v) is 9.76. The van der Waals surface area contributed by atoms with E-state index >= 15 is 0 Å². The number of carbonyl (C=O) groups is 1. The van der Waals surface area contributed by atoms with Gasteiger partial charge in [-0.25, -0.2) is 0 Å². The highest BCUT2D eigenvalue weighted by Gasteiger charge is 2.27. The van der Waals surface area contributed by atoms with Crippen molar-refractivity contribution >= 4 is 35.6 Å². The van der Waals surface area contributed by atoms with Gasteiger partial charge in [0, 0.05) is 6.07 Å². The van der Waals surface area contributed by atoms with Crippen molar-refractivity contribution in [1.82, 2.24) is 10.7 Å². The molecule has 0 unspecified atom stereocenters. The molecule has 0 aromatic heterocycles. The molecule has 2 aromatic rings. The molecule has 1 fully saturated rings. The Labute approximate surface area is 171 Å². The molecule has 0 spiro atoms. The summed E-state index contributed by atoms with van der Waals surface area (Å²) in [5, 5.41) is 27.3. The fourth-order valence-electron chi connectivity index (χ4n) is 2.63. The number of aromatic hydroxyl groups is 1. The third kappa shape index (κ3) is 5.14. The first-order chi connectivity index (χ1) is 13.8. The van der Waals surface area contributed by atoms with Crippen LogP contribution in [0.25, 0.3) is 6.08 Å². The monoisotopic (exact) mass is 412 g/mol. The largest absolute Gasteiger partial charge is 0.502 e. The number of nitrogens with zero attached hydrogens (tertiary/aromatic N) is 2. The van der Waals surface area contributed by atoms with Crippen molar-refractivity contribution in [2.45, 2.75) is 25.3 Å². The van der Waals surface area contributed by atoms with E-state index in [2.05, 4.69) is 41.8 Å². The van der Waals surface area contributed by atoms with Crippen LogP contribution in [0, 0.1) is 10.1 Å². The zero-order valence-corrected chi connectivity index (χ0v) is 16.6. The molecule has 150 valence electrons. The number of nitro benzene ring substituents is 1. The lowest BCUT2D eigenvalue weighted by molar-refractivity contribution is -0.385. The molecule has 0 bridgehead atoms. The van der Waals surface area contributed by atoms with Gasteiger partial charge >= 0.3 is 5.69 Å². The van der Waals surface area contributed by atoms with Crippen LogP contribution in [-0.4, -0.2) is 27.6 Å². The van der Waals surface area contributed by atoms with E-state index < -0.39 is 21.9 Å². The van der Waals surface area contributed by atoms with Crippen LogP contribution < -0.4 is 10.7 Å². The van der Waals surface area contributed by atoms with Gasteiger partial charge in [-0.05, 0) is 34.8 Å². The first-order valence-electron chi connectivity index (χ1n) is 8.88. The number of hydrogen-bond acceptors (Lipinski definition) is 7. The maximum atomic E-state index is 12.1. The molecule has 0 radical (unpaired) electrons. The van der Waals surface area contributed by atoms with Crippen molar-refractivity contribution in [3.63, 3.8) is 0 Å². The van der Waals surface area contributed by atoms with Crippen molar-refractivity contribution < 1.29 is 14.8 Å². The summed E-state index contributed by atoms with van der Waals surface area (Å²) in [4.78, 5) is 22.8. The number of nitrogens with one attached hydrogen (secondary N) is 2. The topological polar surface area (TPSA) is 117 Å². The van der Waals surface area contributed by atoms with Gasteiger partial charge in [-0.1, -0.05) is 55.9 Å². The lowest BCUT2D eigenvalue weighted by Gasteiger charge is -2.07. The third-order valence-corrected chi connectivity index (χ3v) is 5.25. The number of hydrogen-bond donors (Lipinski definition) is 3. The average Bonchev–Trinajstić information content (AvgIpc) is 3.02. The van der Waals surface area contributed by atoms with Crippen LogP contribution in [-0.2, 0) is 4.79 Å². The number of phenolic OH excluding ortho intramolecular Hbond substituents is 1. The highest BCUT2D eigenvalue weighted by molar-refractivity contribution is 8.05. The van der Waals surface area contributed by atoms with E-state index in [4.69, 9.17) is 0 Å². The number of benzene rings is 2. The zero-order valence-electron chi connectivity index (χ0n) is 15.8. The van der Waals surface area contributed by atoms with E-state index in [0.717, 1.165) is 5.56 Å². The molecule has 1 aliphatic rings. The summed E-state index contributed by atoms with van der Waals surface area (Å²) in [6.07, 6.45) is 3.20. The first kappa shape index (κ1) is 20.4. The van der Waals surface area contributed by atoms with Crippen molar-refractivity contribution in [2.75, 3.05) is 0 Å². The van der Waals surface area contributed by atoms with Crippen molar-refractivity contribution in [3.05, 3.63) is 74.2 Å². The number of hydrazone groups is 1. The molecule has 1 amide bonds. The molecular formula is C20H20N4O4S. The van der Waals surface area contributed by atoms with Crippen molar-refractivity contribution in [3.8, 4) is 5.75 Å². The molecule has 1 saturated heterocycles. The van der Waals surface area contributed by atoms with Crippen molar-refractivity contribution in [1.29, 1.82) is 0 Å². The molecule has 8 nitrogen and oxygen atoms in total. The fraction of sp³-hybridized carbons (Fsp3) is 0.200. The maximum absolute atomic E-state index is 12.1. The summed E-state index contributed by atoms with van der Waals surface area (Å²) in [5.41, 5.74) is 4.63. The van der Waals surface area contributed by atoms with Crippen LogP contribution in [0.15, 0.2) is 52.5 Å². The van der Waals surface area contributed by atoms with Gasteiger partial charge in [-0.3, -0.25) is 20.3 Å². The van der Waals surface area contributed by atoms with Crippen LogP contribution in [0.3, 0.4) is 0 Å². The molecular weight excluding hydrogens is 392 g/mol. The van der Waals surface area contributed by atoms with Gasteiger partial charge in [0.25, 0.3) is 5.91 Å². The van der Waals surface area contributed by atoms with Crippen LogP contribution in [0.4, 0.5) is 5.69 Å². The normalized spacial score (nSPS) is 17.8. The van der Waals surface area contributed by atoms with Crippen LogP contribution >= 0.6 is 11.8 Å². The predicted molar refractivity (Wildman–Crippen MR) is 114 cm³/mol. The Balaban J connectivity index is 1.63. The SMILES string of the molecule is CC(C)c1ccc(C=NN[C@H]2NC(=O)/C(=C\c3ccc(O)c([N+](=O)[O-])c3)S2)cc1. The number of amides is 1. The smallest absolute Gasteiger partial charge is 0.311 e. The Hall–Kier alpha value is -3.33. The van der Waals surface area contributed by atoms with Crippen LogP contribution in [0.2, 0.25) is 0 Å². The maximum Gasteiger partial charge on any atom is 0.311 e. The summed E-state index contributed by atoms with van der Waals surface area (Å²) < 4.78 is 0. The molecule has 1 heterocycles. The van der Waals surface area contributed by atoms with Crippen molar-refractivity contribution in [2.24, 2.45) is 5.10 Å². The molecule has 0 saturated carbocycles. The van der Waals surface area contributed by atoms with Gasteiger partial charge < -0.3 is 10.4 Å². The van der Waals surface area contributed by atoms with Gasteiger partial charge in [0.1, 0.15) is 0 Å². The Kier molecular flexibility index (Phi) is 6.18. The standard InChI is InChI=1S/C20H20N4O4S/c1-12(2)15-6-3-13(4-7-15)11-21-23-20-22-19(26)18(29-20)10-14-5-8-17(25)16(9-14)24(27)28/h3-12,20,23,25H,1-2H3,(H,22,26)/b18-10+,21-11?/t20-/m1/s1. The number of nitro groups is 1. The Morgan fingerprint density at radius 2 is 1.93 bits per heavy atom. The minimum atomic E-state index is -0.675. The van der Waals surface area contributed by atoms with Gasteiger partial charge in [0.2, 0.25) is 0 Å². The average molecular weight is 412 g/mol. The second-order valence-electron chi connectivity index (χ2n) is 6.69. The Bertz CT molecular complexity index is 986. The Morgan fingerprint density at radius 3 is 2.59 bits per heavy atom. The van der Waals surface area contributed by atoms with E-state index in [0.29, 0.717) is 16.4 Å². The molecule has 3 rings (SSSR count). The molecule has 1 atom stereocenters. The van der Waals surface area contributed by atoms with E-state index in [1.807, 2.05) is 12.1 Å². The molecule has 2 aromatic carbocycles. The number of thioether (sulfide) groups is 1. The third-order valence-electron chi connectivity index (χ3n) is 4.23. The summed E-state index contributed by atoms with van der Waals surface area (Å²) in [7, 11) is 0. The lowest BCUT2D eigenvalue weighted by atomic mass is 10.0. The summed E-state index contributed by atoms with van der Waals surface area (Å²) in [6, 6.07) is 12.0. The van der Waals surface area contributed by atoms with Crippen LogP contribution in [0.1, 0.15) is 36.5 Å². The van der Waals surface area contributed by atoms with Crippen LogP contribution in [0.5, 0.6) is 5.75 Å². The summed E-state index contributed by atoms with van der Waals surface area (Å²) >= 11 is 1.22. The Morgan fingerprint density at radius 1 is 1.24 bits per heavy atom. The van der Waals surface area contributed by atoms with E-state index in [1.54, 1.807) is 6.21 Å². The zero-order chi connectivity index (χ0) is 21.0. The predicted octanol–water partition coefficient (Wildman–Crippen LogP) is 3.54. The second-order valence-corrected chi connectivity index (χ2v) is 7.84. The molecule has 29 heavy (non-hydrogen) atoms. The molecule has 9 heteroatoms. The van der Waals surface area contributed by atoms with Gasteiger partial charge in [-0.15, -0.1) is 0 Å². The lowest BCUT2D eigenvalue weighted by Crippen LogP contribution is -2.34. The highest BCUT2D eigenvalue weighted by Crippen LogP contribution is 2.31. The fourth-order valence-corrected chi connectivity index (χ4v) is 3.54. The summed E-state index contributed by atoms with van der Waals surface area (Å²) in [6.45, 7) is 4.26. The minimum Gasteiger partial charge on any atom is -0.502 e. The molecule has 0 aliphatic carbocycles. The second kappa shape index (κ2) is 8.78. The highest BCUT2D eigenvalue weighted by atomic mass is 32.2. The van der Waals surface area contributed by atoms with Gasteiger partial charge in [0.15, 0.2) is 11.2 Å². The quantitative estimate of drug-likeness (QED) is 0.289. The van der Waals surface area contributed by atoms with E-state index in [9.17, 15) is 20.0 Å². The van der Waals surface area contributed by atoms with E-state index in [-0.39, 0.29) is 5.91 Å². The molecule has 3 N–H and O–H groups in total. The molecule has 1 aliphatic heterocycles. The van der Waals surface area contributed by atoms with Gasteiger partial charge in [-0.2, -0.15) is 5.10 Å². The summed E-state index contributed by atoms with van der Waals surface area (Å²) in [5.74, 6) is -0.264. The number of phenols is 1. The minimum absolute atomic E-state index is 0.306. The number of carbonyl (C=O) groups excluding carboxylic acids is 1. The van der Waals surface area contributed by atoms with Gasteiger partial charge in [0.05, 0.1) is 16.0 Å².